The van der Waals surface area contributed by atoms with Crippen molar-refractivity contribution < 1.29 is 19.5 Å². The van der Waals surface area contributed by atoms with Gasteiger partial charge in [0.05, 0.1) is 13.0 Å². The van der Waals surface area contributed by atoms with Crippen LogP contribution in [0.1, 0.15) is 34.1 Å². The van der Waals surface area contributed by atoms with Crippen LogP contribution in [-0.4, -0.2) is 42.1 Å². The van der Waals surface area contributed by atoms with Crippen LogP contribution in [0.5, 0.6) is 0 Å². The van der Waals surface area contributed by atoms with Crippen molar-refractivity contribution in [2.24, 2.45) is 5.41 Å². The van der Waals surface area contributed by atoms with Crippen molar-refractivity contribution in [3.8, 4) is 0 Å². The minimum atomic E-state index is -0.982. The Bertz CT molecular complexity index is 336. The van der Waals surface area contributed by atoms with Crippen LogP contribution in [0, 0.1) is 5.41 Å². The highest BCUT2D eigenvalue weighted by molar-refractivity contribution is 5.84. The van der Waals surface area contributed by atoms with Gasteiger partial charge >= 0.3 is 12.0 Å². The first-order valence-electron chi connectivity index (χ1n) is 6.19. The Morgan fingerprint density at radius 3 is 2.16 bits per heavy atom. The summed E-state index contributed by atoms with van der Waals surface area (Å²) in [5.41, 5.74) is -0.387. The molecular weight excluding hydrogens is 250 g/mol. The minimum Gasteiger partial charge on any atom is -0.481 e. The number of urea groups is 1. The molecule has 4 N–H and O–H groups in total. The molecule has 0 aromatic rings. The van der Waals surface area contributed by atoms with E-state index in [9.17, 15) is 14.4 Å². The highest BCUT2D eigenvalue weighted by atomic mass is 16.4. The third-order valence-electron chi connectivity index (χ3n) is 2.51. The zero-order chi connectivity index (χ0) is 15.1. The molecule has 0 saturated carbocycles. The van der Waals surface area contributed by atoms with Crippen LogP contribution in [0.15, 0.2) is 0 Å². The van der Waals surface area contributed by atoms with Gasteiger partial charge in [0.25, 0.3) is 0 Å². The second kappa shape index (κ2) is 7.60. The van der Waals surface area contributed by atoms with Gasteiger partial charge in [0.1, 0.15) is 0 Å². The first-order valence-corrected chi connectivity index (χ1v) is 6.19. The summed E-state index contributed by atoms with van der Waals surface area (Å²) in [7, 11) is 0. The van der Waals surface area contributed by atoms with Crippen LogP contribution < -0.4 is 16.0 Å². The topological polar surface area (TPSA) is 108 Å². The van der Waals surface area contributed by atoms with Crippen LogP contribution in [0.3, 0.4) is 0 Å². The highest BCUT2D eigenvalue weighted by Gasteiger charge is 2.28. The quantitative estimate of drug-likeness (QED) is 0.558. The molecule has 0 aliphatic carbocycles. The number of carboxylic acid groups (broad SMARTS) is 1. The largest absolute Gasteiger partial charge is 0.481 e. The van der Waals surface area contributed by atoms with Gasteiger partial charge < -0.3 is 21.1 Å². The van der Waals surface area contributed by atoms with Crippen LogP contribution in [0.25, 0.3) is 0 Å². The lowest BCUT2D eigenvalue weighted by atomic mass is 9.85. The summed E-state index contributed by atoms with van der Waals surface area (Å²) < 4.78 is 0. The molecule has 0 aromatic carbocycles. The fourth-order valence-corrected chi connectivity index (χ4v) is 1.38. The zero-order valence-electron chi connectivity index (χ0n) is 11.9. The van der Waals surface area contributed by atoms with E-state index in [2.05, 4.69) is 16.0 Å². The Morgan fingerprint density at radius 2 is 1.74 bits per heavy atom. The van der Waals surface area contributed by atoms with Crippen LogP contribution >= 0.6 is 0 Å². The van der Waals surface area contributed by atoms with E-state index in [0.29, 0.717) is 6.54 Å². The van der Waals surface area contributed by atoms with E-state index in [1.165, 1.54) is 0 Å². The predicted octanol–water partition coefficient (Wildman–Crippen LogP) is 0.311. The first kappa shape index (κ1) is 17.2. The molecule has 0 fully saturated rings. The summed E-state index contributed by atoms with van der Waals surface area (Å²) in [4.78, 5) is 33.5. The molecular formula is C12H23N3O4. The number of hydrogen-bond acceptors (Lipinski definition) is 3. The lowest BCUT2D eigenvalue weighted by Gasteiger charge is -2.30. The maximum Gasteiger partial charge on any atom is 0.315 e. The average Bonchev–Trinajstić information content (AvgIpc) is 2.24. The molecule has 0 aromatic heterocycles. The van der Waals surface area contributed by atoms with Gasteiger partial charge in [-0.15, -0.1) is 0 Å². The van der Waals surface area contributed by atoms with E-state index < -0.39 is 18.0 Å². The summed E-state index contributed by atoms with van der Waals surface area (Å²) in [6.45, 7) is 7.65. The molecule has 110 valence electrons. The molecule has 7 nitrogen and oxygen atoms in total. The number of carbonyl (C=O) groups is 3. The molecule has 19 heavy (non-hydrogen) atoms. The Labute approximate surface area is 113 Å². The Balaban J connectivity index is 4.32. The van der Waals surface area contributed by atoms with Gasteiger partial charge in [-0.2, -0.15) is 0 Å². The van der Waals surface area contributed by atoms with E-state index in [1.807, 2.05) is 20.8 Å². The average molecular weight is 273 g/mol. The Morgan fingerprint density at radius 1 is 1.16 bits per heavy atom. The van der Waals surface area contributed by atoms with Crippen LogP contribution in [0.4, 0.5) is 4.79 Å². The number of carboxylic acids is 1. The SMILES string of the molecule is CCNC(=O)CNC(=O)NC(CC(=O)O)C(C)(C)C. The fourth-order valence-electron chi connectivity index (χ4n) is 1.38. The van der Waals surface area contributed by atoms with Crippen LogP contribution in [0.2, 0.25) is 0 Å². The van der Waals surface area contributed by atoms with Gasteiger partial charge in [-0.1, -0.05) is 20.8 Å². The Kier molecular flexibility index (Phi) is 6.89. The minimum absolute atomic E-state index is 0.135. The summed E-state index contributed by atoms with van der Waals surface area (Å²) in [6.07, 6.45) is -0.169. The van der Waals surface area contributed by atoms with E-state index in [-0.39, 0.29) is 24.3 Å². The van der Waals surface area contributed by atoms with Crippen molar-refractivity contribution in [3.05, 3.63) is 0 Å². The van der Waals surface area contributed by atoms with Gasteiger partial charge in [-0.3, -0.25) is 9.59 Å². The third-order valence-corrected chi connectivity index (χ3v) is 2.51. The monoisotopic (exact) mass is 273 g/mol. The number of hydrogen-bond donors (Lipinski definition) is 4. The molecule has 1 unspecified atom stereocenters. The van der Waals surface area contributed by atoms with Gasteiger partial charge in [0.15, 0.2) is 0 Å². The molecule has 0 aliphatic heterocycles. The van der Waals surface area contributed by atoms with E-state index in [0.717, 1.165) is 0 Å². The number of amides is 3. The summed E-state index contributed by atoms with van der Waals surface area (Å²) in [5, 5.41) is 16.3. The van der Waals surface area contributed by atoms with E-state index in [4.69, 9.17) is 5.11 Å². The molecule has 0 radical (unpaired) electrons. The molecule has 0 aliphatic rings. The maximum atomic E-state index is 11.6. The van der Waals surface area contributed by atoms with Crippen molar-refractivity contribution in [2.45, 2.75) is 40.2 Å². The molecule has 0 bridgehead atoms. The first-order chi connectivity index (χ1) is 8.66. The normalized spacial score (nSPS) is 12.4. The van der Waals surface area contributed by atoms with Gasteiger partial charge in [0, 0.05) is 12.6 Å². The van der Waals surface area contributed by atoms with Crippen LogP contribution in [-0.2, 0) is 9.59 Å². The highest BCUT2D eigenvalue weighted by Crippen LogP contribution is 2.21. The molecule has 0 saturated heterocycles. The summed E-state index contributed by atoms with van der Waals surface area (Å²) in [5.74, 6) is -1.27. The fraction of sp³-hybridized carbons (Fsp3) is 0.750. The molecule has 7 heteroatoms. The van der Waals surface area contributed by atoms with Crippen molar-refractivity contribution in [3.63, 3.8) is 0 Å². The summed E-state index contributed by atoms with van der Waals surface area (Å²) in [6, 6.07) is -1.06. The molecule has 3 amide bonds. The zero-order valence-corrected chi connectivity index (χ0v) is 11.9. The van der Waals surface area contributed by atoms with Gasteiger partial charge in [-0.05, 0) is 12.3 Å². The smallest absolute Gasteiger partial charge is 0.315 e. The lowest BCUT2D eigenvalue weighted by molar-refractivity contribution is -0.138. The predicted molar refractivity (Wildman–Crippen MR) is 70.7 cm³/mol. The summed E-state index contributed by atoms with van der Waals surface area (Å²) >= 11 is 0. The Hall–Kier alpha value is -1.79. The van der Waals surface area contributed by atoms with Gasteiger partial charge in [0.2, 0.25) is 5.91 Å². The number of likely N-dealkylation sites (N-methyl/N-ethyl adjacent to an activating group) is 1. The van der Waals surface area contributed by atoms with E-state index in [1.54, 1.807) is 6.92 Å². The molecule has 0 heterocycles. The number of carbonyl (C=O) groups excluding carboxylic acids is 2. The van der Waals surface area contributed by atoms with Crippen molar-refractivity contribution in [2.75, 3.05) is 13.1 Å². The van der Waals surface area contributed by atoms with Gasteiger partial charge in [-0.25, -0.2) is 4.79 Å². The standard InChI is InChI=1S/C12H23N3O4/c1-5-13-9(16)7-14-11(19)15-8(6-10(17)18)12(2,3)4/h8H,5-7H2,1-4H3,(H,13,16)(H,17,18)(H2,14,15,19). The number of aliphatic carboxylic acids is 1. The maximum absolute atomic E-state index is 11.6. The second-order valence-corrected chi connectivity index (χ2v) is 5.30. The van der Waals surface area contributed by atoms with E-state index >= 15 is 0 Å². The molecule has 0 spiro atoms. The van der Waals surface area contributed by atoms with Crippen molar-refractivity contribution in [1.82, 2.24) is 16.0 Å². The molecule has 1 atom stereocenters. The van der Waals surface area contributed by atoms with Crippen molar-refractivity contribution >= 4 is 17.9 Å². The molecule has 0 rings (SSSR count). The second-order valence-electron chi connectivity index (χ2n) is 5.30. The lowest BCUT2D eigenvalue weighted by Crippen LogP contribution is -2.50. The third kappa shape index (κ3) is 8.01. The van der Waals surface area contributed by atoms with Crippen molar-refractivity contribution in [1.29, 1.82) is 0 Å². The number of rotatable bonds is 6. The number of nitrogens with one attached hydrogen (secondary N) is 3.